The maximum atomic E-state index is 6.06. The normalized spacial score (nSPS) is 22.9. The third-order valence-corrected chi connectivity index (χ3v) is 5.49. The molecule has 0 aromatic carbocycles. The molecule has 160 valence electrons. The average Bonchev–Trinajstić information content (AvgIpc) is 3.24. The van der Waals surface area contributed by atoms with Crippen molar-refractivity contribution < 1.29 is 4.74 Å². The van der Waals surface area contributed by atoms with E-state index < -0.39 is 0 Å². The molecule has 1 aromatic rings. The van der Waals surface area contributed by atoms with Crippen LogP contribution in [0.15, 0.2) is 11.2 Å². The molecule has 2 fully saturated rings. The fourth-order valence-corrected chi connectivity index (χ4v) is 4.15. The standard InChI is InChI=1S/C20H36N6O.HI/c1-6-21-20(22-10-18-13-26-9-7-8-17(26)14-27-18)24(4)11-16-12-25(5)23-19(16)15(2)3;/h12,15,17-18H,6-11,13-14H2,1-5H3,(H,21,22);1H. The van der Waals surface area contributed by atoms with Crippen molar-refractivity contribution in [2.24, 2.45) is 12.0 Å². The van der Waals surface area contributed by atoms with E-state index in [-0.39, 0.29) is 30.1 Å². The van der Waals surface area contributed by atoms with E-state index in [4.69, 9.17) is 9.73 Å². The Morgan fingerprint density at radius 3 is 2.96 bits per heavy atom. The van der Waals surface area contributed by atoms with Crippen LogP contribution in [-0.2, 0) is 18.3 Å². The molecule has 2 unspecified atom stereocenters. The highest BCUT2D eigenvalue weighted by Gasteiger charge is 2.32. The molecule has 1 aromatic heterocycles. The lowest BCUT2D eigenvalue weighted by atomic mass is 10.1. The molecule has 3 rings (SSSR count). The summed E-state index contributed by atoms with van der Waals surface area (Å²) in [5.74, 6) is 1.35. The van der Waals surface area contributed by atoms with Gasteiger partial charge in [0.25, 0.3) is 0 Å². The van der Waals surface area contributed by atoms with Crippen molar-refractivity contribution in [3.05, 3.63) is 17.5 Å². The van der Waals surface area contributed by atoms with Crippen LogP contribution in [0.4, 0.5) is 0 Å². The molecular weight excluding hydrogens is 467 g/mol. The molecule has 0 aliphatic carbocycles. The molecule has 0 bridgehead atoms. The largest absolute Gasteiger partial charge is 0.373 e. The van der Waals surface area contributed by atoms with Gasteiger partial charge in [-0.15, -0.1) is 24.0 Å². The van der Waals surface area contributed by atoms with Gasteiger partial charge in [0, 0.05) is 51.5 Å². The van der Waals surface area contributed by atoms with E-state index in [0.29, 0.717) is 18.5 Å². The van der Waals surface area contributed by atoms with Gasteiger partial charge in [0.1, 0.15) is 0 Å². The Morgan fingerprint density at radius 1 is 1.46 bits per heavy atom. The maximum absolute atomic E-state index is 6.06. The summed E-state index contributed by atoms with van der Waals surface area (Å²) >= 11 is 0. The van der Waals surface area contributed by atoms with Gasteiger partial charge in [0.15, 0.2) is 5.96 Å². The summed E-state index contributed by atoms with van der Waals surface area (Å²) in [5, 5.41) is 8.05. The topological polar surface area (TPSA) is 57.9 Å². The molecule has 0 radical (unpaired) electrons. The summed E-state index contributed by atoms with van der Waals surface area (Å²) in [6.07, 6.45) is 4.90. The van der Waals surface area contributed by atoms with E-state index in [1.165, 1.54) is 24.9 Å². The monoisotopic (exact) mass is 504 g/mol. The van der Waals surface area contributed by atoms with Crippen LogP contribution in [0.3, 0.4) is 0 Å². The Kier molecular flexibility index (Phi) is 9.01. The fourth-order valence-electron chi connectivity index (χ4n) is 4.15. The number of fused-ring (bicyclic) bond motifs is 1. The minimum atomic E-state index is 0. The number of nitrogens with zero attached hydrogens (tertiary/aromatic N) is 5. The van der Waals surface area contributed by atoms with Crippen LogP contribution >= 0.6 is 24.0 Å². The molecule has 8 heteroatoms. The van der Waals surface area contributed by atoms with Crippen LogP contribution < -0.4 is 5.32 Å². The van der Waals surface area contributed by atoms with Gasteiger partial charge in [-0.3, -0.25) is 14.6 Å². The summed E-state index contributed by atoms with van der Waals surface area (Å²) in [5.41, 5.74) is 2.42. The second kappa shape index (κ2) is 10.8. The number of aryl methyl sites for hydroxylation is 1. The van der Waals surface area contributed by atoms with Crippen molar-refractivity contribution in [1.29, 1.82) is 0 Å². The van der Waals surface area contributed by atoms with E-state index in [0.717, 1.165) is 37.9 Å². The van der Waals surface area contributed by atoms with Gasteiger partial charge < -0.3 is 15.0 Å². The smallest absolute Gasteiger partial charge is 0.194 e. The van der Waals surface area contributed by atoms with Crippen LogP contribution in [0.1, 0.15) is 50.8 Å². The highest BCUT2D eigenvalue weighted by atomic mass is 127. The predicted molar refractivity (Wildman–Crippen MR) is 124 cm³/mol. The van der Waals surface area contributed by atoms with Crippen LogP contribution in [0.25, 0.3) is 0 Å². The van der Waals surface area contributed by atoms with E-state index in [2.05, 4.69) is 54.2 Å². The van der Waals surface area contributed by atoms with Crippen LogP contribution in [-0.4, -0.2) is 77.5 Å². The van der Waals surface area contributed by atoms with Crippen LogP contribution in [0, 0.1) is 0 Å². The van der Waals surface area contributed by atoms with Crippen LogP contribution in [0.2, 0.25) is 0 Å². The number of aromatic nitrogens is 2. The van der Waals surface area contributed by atoms with Crippen molar-refractivity contribution in [2.75, 3.05) is 39.8 Å². The minimum Gasteiger partial charge on any atom is -0.373 e. The molecule has 3 heterocycles. The second-order valence-corrected chi connectivity index (χ2v) is 8.16. The Labute approximate surface area is 186 Å². The van der Waals surface area contributed by atoms with E-state index in [1.807, 2.05) is 11.7 Å². The van der Waals surface area contributed by atoms with Gasteiger partial charge >= 0.3 is 0 Å². The molecular formula is C20H37IN6O. The Hall–Kier alpha value is -0.870. The zero-order valence-corrected chi connectivity index (χ0v) is 20.3. The summed E-state index contributed by atoms with van der Waals surface area (Å²) in [7, 11) is 4.08. The molecule has 1 N–H and O–H groups in total. The molecule has 7 nitrogen and oxygen atoms in total. The third-order valence-electron chi connectivity index (χ3n) is 5.49. The lowest BCUT2D eigenvalue weighted by Gasteiger charge is -2.34. The molecule has 2 saturated heterocycles. The quantitative estimate of drug-likeness (QED) is 0.367. The van der Waals surface area contributed by atoms with E-state index in [1.54, 1.807) is 0 Å². The number of guanidine groups is 1. The van der Waals surface area contributed by atoms with Gasteiger partial charge in [-0.05, 0) is 32.2 Å². The van der Waals surface area contributed by atoms with Gasteiger partial charge in [-0.2, -0.15) is 5.10 Å². The number of morpholine rings is 1. The zero-order chi connectivity index (χ0) is 19.4. The number of aliphatic imine (C=N–C) groups is 1. The van der Waals surface area contributed by atoms with Crippen molar-refractivity contribution in [3.63, 3.8) is 0 Å². The van der Waals surface area contributed by atoms with E-state index in [9.17, 15) is 0 Å². The first-order valence-corrected chi connectivity index (χ1v) is 10.4. The maximum Gasteiger partial charge on any atom is 0.194 e. The second-order valence-electron chi connectivity index (χ2n) is 8.16. The summed E-state index contributed by atoms with van der Waals surface area (Å²) < 4.78 is 7.97. The van der Waals surface area contributed by atoms with Gasteiger partial charge in [-0.25, -0.2) is 0 Å². The summed E-state index contributed by atoms with van der Waals surface area (Å²) in [6, 6.07) is 0.640. The van der Waals surface area contributed by atoms with Gasteiger partial charge in [0.2, 0.25) is 0 Å². The first kappa shape index (κ1) is 23.4. The molecule has 2 aliphatic heterocycles. The van der Waals surface area contributed by atoms with E-state index >= 15 is 0 Å². The minimum absolute atomic E-state index is 0. The number of nitrogens with one attached hydrogen (secondary N) is 1. The Balaban J connectivity index is 0.00000280. The van der Waals surface area contributed by atoms with Crippen molar-refractivity contribution in [1.82, 2.24) is 24.9 Å². The van der Waals surface area contributed by atoms with Crippen LogP contribution in [0.5, 0.6) is 0 Å². The molecule has 28 heavy (non-hydrogen) atoms. The molecule has 0 spiro atoms. The molecule has 0 amide bonds. The first-order valence-electron chi connectivity index (χ1n) is 10.4. The number of hydrogen-bond donors (Lipinski definition) is 1. The fraction of sp³-hybridized carbons (Fsp3) is 0.800. The van der Waals surface area contributed by atoms with Gasteiger partial charge in [0.05, 0.1) is 24.9 Å². The first-order chi connectivity index (χ1) is 13.0. The molecule has 0 saturated carbocycles. The average molecular weight is 504 g/mol. The predicted octanol–water partition coefficient (Wildman–Crippen LogP) is 2.42. The highest BCUT2D eigenvalue weighted by molar-refractivity contribution is 14.0. The number of ether oxygens (including phenoxy) is 1. The Bertz CT molecular complexity index is 647. The zero-order valence-electron chi connectivity index (χ0n) is 18.0. The number of halogens is 1. The molecule has 2 atom stereocenters. The third kappa shape index (κ3) is 5.82. The van der Waals surface area contributed by atoms with Crippen molar-refractivity contribution in [2.45, 2.75) is 58.2 Å². The van der Waals surface area contributed by atoms with Crippen molar-refractivity contribution >= 4 is 29.9 Å². The van der Waals surface area contributed by atoms with Gasteiger partial charge in [-0.1, -0.05) is 13.8 Å². The lowest BCUT2D eigenvalue weighted by Crippen LogP contribution is -2.47. The lowest BCUT2D eigenvalue weighted by molar-refractivity contribution is -0.0432. The highest BCUT2D eigenvalue weighted by Crippen LogP contribution is 2.23. The Morgan fingerprint density at radius 2 is 2.25 bits per heavy atom. The molecule has 2 aliphatic rings. The number of hydrogen-bond acceptors (Lipinski definition) is 4. The summed E-state index contributed by atoms with van der Waals surface area (Å²) in [4.78, 5) is 9.64. The van der Waals surface area contributed by atoms with Crippen molar-refractivity contribution in [3.8, 4) is 0 Å². The number of rotatable bonds is 6. The summed E-state index contributed by atoms with van der Waals surface area (Å²) in [6.45, 7) is 11.9. The SMILES string of the molecule is CCNC(=NCC1CN2CCCC2CO1)N(C)Cc1cn(C)nc1C(C)C.I.